The number of rotatable bonds is 0. The van der Waals surface area contributed by atoms with E-state index in [1.165, 1.54) is 0 Å². The largest absolute Gasteiger partial charge is 0.443 e. The number of esters is 1. The van der Waals surface area contributed by atoms with Crippen LogP contribution >= 0.6 is 15.9 Å². The summed E-state index contributed by atoms with van der Waals surface area (Å²) in [5.41, 5.74) is 2.49. The SMILES string of the molecule is Cc1cc(Br)cc2c1CC(C#N)OC2=O. The van der Waals surface area contributed by atoms with E-state index in [-0.39, 0.29) is 0 Å². The second-order valence-electron chi connectivity index (χ2n) is 3.48. The van der Waals surface area contributed by atoms with E-state index in [0.29, 0.717) is 12.0 Å². The number of ether oxygens (including phenoxy) is 1. The summed E-state index contributed by atoms with van der Waals surface area (Å²) in [4.78, 5) is 11.6. The first-order valence-corrected chi connectivity index (χ1v) is 5.30. The third kappa shape index (κ3) is 1.75. The van der Waals surface area contributed by atoms with Gasteiger partial charge in [-0.1, -0.05) is 15.9 Å². The van der Waals surface area contributed by atoms with Gasteiger partial charge in [0.1, 0.15) is 6.07 Å². The minimum atomic E-state index is -0.648. The molecule has 15 heavy (non-hydrogen) atoms. The minimum absolute atomic E-state index is 0.410. The molecule has 1 aromatic carbocycles. The number of halogens is 1. The maximum atomic E-state index is 11.6. The zero-order valence-corrected chi connectivity index (χ0v) is 9.67. The van der Waals surface area contributed by atoms with E-state index in [0.717, 1.165) is 15.6 Å². The third-order valence-corrected chi connectivity index (χ3v) is 2.90. The predicted octanol–water partition coefficient (Wildman–Crippen LogP) is 2.36. The molecule has 0 bridgehead atoms. The van der Waals surface area contributed by atoms with Crippen LogP contribution in [0.25, 0.3) is 0 Å². The summed E-state index contributed by atoms with van der Waals surface area (Å²) in [5.74, 6) is -0.410. The van der Waals surface area contributed by atoms with Crippen LogP contribution in [0.3, 0.4) is 0 Å². The van der Waals surface area contributed by atoms with E-state index in [2.05, 4.69) is 15.9 Å². The minimum Gasteiger partial charge on any atom is -0.443 e. The normalized spacial score (nSPS) is 19.0. The topological polar surface area (TPSA) is 50.1 Å². The first-order valence-electron chi connectivity index (χ1n) is 4.51. The lowest BCUT2D eigenvalue weighted by Gasteiger charge is -2.21. The van der Waals surface area contributed by atoms with Gasteiger partial charge in [0.25, 0.3) is 0 Å². The predicted molar refractivity (Wildman–Crippen MR) is 57.4 cm³/mol. The molecule has 1 unspecified atom stereocenters. The molecule has 1 aliphatic heterocycles. The molecule has 1 heterocycles. The smallest absolute Gasteiger partial charge is 0.339 e. The fourth-order valence-electron chi connectivity index (χ4n) is 1.72. The fourth-order valence-corrected chi connectivity index (χ4v) is 2.29. The van der Waals surface area contributed by atoms with E-state index >= 15 is 0 Å². The van der Waals surface area contributed by atoms with Crippen LogP contribution in [0, 0.1) is 18.3 Å². The highest BCUT2D eigenvalue weighted by atomic mass is 79.9. The molecule has 3 nitrogen and oxygen atoms in total. The number of nitrogens with zero attached hydrogens (tertiary/aromatic N) is 1. The molecule has 76 valence electrons. The van der Waals surface area contributed by atoms with Crippen LogP contribution in [-0.4, -0.2) is 12.1 Å². The molecule has 0 aliphatic carbocycles. The highest BCUT2D eigenvalue weighted by molar-refractivity contribution is 9.10. The van der Waals surface area contributed by atoms with Crippen molar-refractivity contribution in [3.8, 4) is 6.07 Å². The average Bonchev–Trinajstić information content (AvgIpc) is 2.19. The third-order valence-electron chi connectivity index (χ3n) is 2.44. The Morgan fingerprint density at radius 1 is 1.60 bits per heavy atom. The Bertz CT molecular complexity index is 476. The van der Waals surface area contributed by atoms with Gasteiger partial charge in [-0.25, -0.2) is 4.79 Å². The number of hydrogen-bond acceptors (Lipinski definition) is 3. The number of carbonyl (C=O) groups excluding carboxylic acids is 1. The summed E-state index contributed by atoms with van der Waals surface area (Å²) in [7, 11) is 0. The van der Waals surface area contributed by atoms with Gasteiger partial charge in [-0.2, -0.15) is 5.26 Å². The molecular formula is C11H8BrNO2. The van der Waals surface area contributed by atoms with Crippen molar-refractivity contribution in [3.05, 3.63) is 33.3 Å². The molecule has 2 rings (SSSR count). The summed E-state index contributed by atoms with van der Waals surface area (Å²) in [6, 6.07) is 5.63. The molecule has 1 aliphatic rings. The Hall–Kier alpha value is -1.34. The molecule has 1 atom stereocenters. The summed E-state index contributed by atoms with van der Waals surface area (Å²) >= 11 is 3.33. The Labute approximate surface area is 95.8 Å². The van der Waals surface area contributed by atoms with Gasteiger partial charge in [0.05, 0.1) is 5.56 Å². The lowest BCUT2D eigenvalue weighted by Crippen LogP contribution is -2.27. The van der Waals surface area contributed by atoms with Crippen molar-refractivity contribution in [1.82, 2.24) is 0 Å². The van der Waals surface area contributed by atoms with Gasteiger partial charge in [0, 0.05) is 10.9 Å². The van der Waals surface area contributed by atoms with Gasteiger partial charge < -0.3 is 4.74 Å². The lowest BCUT2D eigenvalue weighted by atomic mass is 9.95. The summed E-state index contributed by atoms with van der Waals surface area (Å²) in [5, 5.41) is 8.74. The molecule has 0 spiro atoms. The average molecular weight is 266 g/mol. The van der Waals surface area contributed by atoms with Crippen molar-refractivity contribution in [2.75, 3.05) is 0 Å². The van der Waals surface area contributed by atoms with Gasteiger partial charge in [-0.3, -0.25) is 0 Å². The fraction of sp³-hybridized carbons (Fsp3) is 0.273. The first-order chi connectivity index (χ1) is 7.11. The summed E-state index contributed by atoms with van der Waals surface area (Å²) in [6.45, 7) is 1.93. The number of nitriles is 1. The van der Waals surface area contributed by atoms with Crippen LogP contribution in [-0.2, 0) is 11.2 Å². The first kappa shape index (κ1) is 10.2. The van der Waals surface area contributed by atoms with Gasteiger partial charge >= 0.3 is 5.97 Å². The number of benzene rings is 1. The van der Waals surface area contributed by atoms with Crippen molar-refractivity contribution in [3.63, 3.8) is 0 Å². The molecule has 4 heteroatoms. The Balaban J connectivity index is 2.56. The van der Waals surface area contributed by atoms with Crippen LogP contribution in [0.5, 0.6) is 0 Å². The van der Waals surface area contributed by atoms with E-state index < -0.39 is 12.1 Å². The van der Waals surface area contributed by atoms with Crippen molar-refractivity contribution in [1.29, 1.82) is 5.26 Å². The van der Waals surface area contributed by atoms with Crippen LogP contribution < -0.4 is 0 Å². The summed E-state index contributed by atoms with van der Waals surface area (Å²) < 4.78 is 5.80. The number of fused-ring (bicyclic) bond motifs is 1. The molecule has 0 fully saturated rings. The molecule has 0 saturated heterocycles. The van der Waals surface area contributed by atoms with Gasteiger partial charge in [0.15, 0.2) is 6.10 Å². The number of carbonyl (C=O) groups is 1. The second-order valence-corrected chi connectivity index (χ2v) is 4.39. The van der Waals surface area contributed by atoms with Crippen molar-refractivity contribution in [2.45, 2.75) is 19.4 Å². The zero-order chi connectivity index (χ0) is 11.0. The van der Waals surface area contributed by atoms with Gasteiger partial charge in [-0.15, -0.1) is 0 Å². The molecule has 1 aromatic rings. The van der Waals surface area contributed by atoms with Crippen molar-refractivity contribution >= 4 is 21.9 Å². The Kier molecular flexibility index (Phi) is 2.49. The number of hydrogen-bond donors (Lipinski definition) is 0. The highest BCUT2D eigenvalue weighted by Crippen LogP contribution is 2.27. The van der Waals surface area contributed by atoms with Crippen LogP contribution in [0.15, 0.2) is 16.6 Å². The van der Waals surface area contributed by atoms with Gasteiger partial charge in [0.2, 0.25) is 0 Å². The second kappa shape index (κ2) is 3.67. The van der Waals surface area contributed by atoms with Crippen molar-refractivity contribution in [2.24, 2.45) is 0 Å². The number of aryl methyl sites for hydroxylation is 1. The maximum Gasteiger partial charge on any atom is 0.339 e. The van der Waals surface area contributed by atoms with Crippen LogP contribution in [0.4, 0.5) is 0 Å². The van der Waals surface area contributed by atoms with E-state index in [1.807, 2.05) is 19.1 Å². The monoisotopic (exact) mass is 265 g/mol. The molecular weight excluding hydrogens is 258 g/mol. The molecule has 0 radical (unpaired) electrons. The van der Waals surface area contributed by atoms with E-state index in [1.54, 1.807) is 6.07 Å². The quantitative estimate of drug-likeness (QED) is 0.677. The van der Waals surface area contributed by atoms with E-state index in [4.69, 9.17) is 10.00 Å². The Morgan fingerprint density at radius 3 is 3.00 bits per heavy atom. The highest BCUT2D eigenvalue weighted by Gasteiger charge is 2.27. The number of cyclic esters (lactones) is 1. The summed E-state index contributed by atoms with van der Waals surface area (Å²) in [6.07, 6.45) is -0.165. The zero-order valence-electron chi connectivity index (χ0n) is 8.08. The molecule has 0 saturated carbocycles. The molecule has 0 amide bonds. The van der Waals surface area contributed by atoms with Crippen LogP contribution in [0.1, 0.15) is 21.5 Å². The standard InChI is InChI=1S/C11H8BrNO2/c1-6-2-7(12)3-10-9(6)4-8(5-13)15-11(10)14/h2-3,8H,4H2,1H3. The lowest BCUT2D eigenvalue weighted by molar-refractivity contribution is 0.0370. The van der Waals surface area contributed by atoms with Gasteiger partial charge in [-0.05, 0) is 30.2 Å². The van der Waals surface area contributed by atoms with Crippen LogP contribution in [0.2, 0.25) is 0 Å². The Morgan fingerprint density at radius 2 is 2.33 bits per heavy atom. The molecule has 0 aromatic heterocycles. The molecule has 0 N–H and O–H groups in total. The van der Waals surface area contributed by atoms with Crippen molar-refractivity contribution < 1.29 is 9.53 Å². The van der Waals surface area contributed by atoms with E-state index in [9.17, 15) is 4.79 Å². The maximum absolute atomic E-state index is 11.6.